The summed E-state index contributed by atoms with van der Waals surface area (Å²) in [6.45, 7) is 2.04. The van der Waals surface area contributed by atoms with Crippen LogP contribution in [-0.4, -0.2) is 11.4 Å². The number of rotatable bonds is 2. The zero-order valence-corrected chi connectivity index (χ0v) is 8.47. The van der Waals surface area contributed by atoms with Gasteiger partial charge in [0, 0.05) is 11.8 Å². The Labute approximate surface area is 88.5 Å². The Kier molecular flexibility index (Phi) is 2.63. The smallest absolute Gasteiger partial charge is 0.207 e. The van der Waals surface area contributed by atoms with Gasteiger partial charge in [-0.1, -0.05) is 24.3 Å². The number of aryl methyl sites for hydroxylation is 1. The molecule has 1 aromatic heterocycles. The van der Waals surface area contributed by atoms with Crippen LogP contribution < -0.4 is 5.32 Å². The number of carbonyl (C=O) groups is 1. The Balaban J connectivity index is 2.52. The molecule has 0 aromatic carbocycles. The van der Waals surface area contributed by atoms with Crippen LogP contribution in [0.4, 0.5) is 0 Å². The molecular weight excluding hydrogens is 188 g/mol. The van der Waals surface area contributed by atoms with Crippen molar-refractivity contribution in [3.8, 4) is 0 Å². The van der Waals surface area contributed by atoms with E-state index in [1.54, 1.807) is 6.20 Å². The van der Waals surface area contributed by atoms with Crippen LogP contribution in [0, 0.1) is 6.92 Å². The highest BCUT2D eigenvalue weighted by Crippen LogP contribution is 2.23. The maximum Gasteiger partial charge on any atom is 0.207 e. The number of nitrogens with zero attached hydrogens (tertiary/aromatic N) is 1. The van der Waals surface area contributed by atoms with E-state index in [4.69, 9.17) is 0 Å². The Morgan fingerprint density at radius 1 is 1.47 bits per heavy atom. The van der Waals surface area contributed by atoms with Crippen LogP contribution in [0.2, 0.25) is 0 Å². The number of allylic oxidation sites excluding steroid dienone is 2. The van der Waals surface area contributed by atoms with Gasteiger partial charge in [0.1, 0.15) is 0 Å². The molecule has 1 heterocycles. The summed E-state index contributed by atoms with van der Waals surface area (Å²) in [6, 6.07) is 1.83. The van der Waals surface area contributed by atoms with Gasteiger partial charge in [0.05, 0.1) is 11.7 Å². The minimum Gasteiger partial charge on any atom is -0.347 e. The Morgan fingerprint density at radius 2 is 2.33 bits per heavy atom. The summed E-state index contributed by atoms with van der Waals surface area (Å²) in [7, 11) is 0. The molecule has 0 aliphatic heterocycles. The second-order valence-corrected chi connectivity index (χ2v) is 3.43. The average Bonchev–Trinajstić information content (AvgIpc) is 2.43. The summed E-state index contributed by atoms with van der Waals surface area (Å²) in [5, 5.41) is 2.74. The van der Waals surface area contributed by atoms with E-state index in [0.717, 1.165) is 16.8 Å². The van der Waals surface area contributed by atoms with E-state index < -0.39 is 0 Å². The first-order chi connectivity index (χ1) is 7.33. The topological polar surface area (TPSA) is 42.0 Å². The van der Waals surface area contributed by atoms with E-state index in [-0.39, 0.29) is 6.04 Å². The lowest BCUT2D eigenvalue weighted by atomic mass is 10.0. The molecule has 0 saturated carbocycles. The molecule has 0 fully saturated rings. The van der Waals surface area contributed by atoms with Gasteiger partial charge in [-0.25, -0.2) is 0 Å². The van der Waals surface area contributed by atoms with Crippen LogP contribution in [0.5, 0.6) is 0 Å². The van der Waals surface area contributed by atoms with Gasteiger partial charge in [0.15, 0.2) is 0 Å². The maximum absolute atomic E-state index is 10.5. The molecule has 0 radical (unpaired) electrons. The summed E-state index contributed by atoms with van der Waals surface area (Å²) >= 11 is 0. The van der Waals surface area contributed by atoms with E-state index in [2.05, 4.69) is 10.3 Å². The lowest BCUT2D eigenvalue weighted by molar-refractivity contribution is -0.109. The van der Waals surface area contributed by atoms with E-state index >= 15 is 0 Å². The van der Waals surface area contributed by atoms with Gasteiger partial charge in [-0.15, -0.1) is 0 Å². The first-order valence-corrected chi connectivity index (χ1v) is 4.83. The van der Waals surface area contributed by atoms with Gasteiger partial charge < -0.3 is 5.32 Å². The van der Waals surface area contributed by atoms with E-state index in [1.165, 1.54) is 0 Å². The molecule has 0 saturated heterocycles. The van der Waals surface area contributed by atoms with Crippen LogP contribution in [0.25, 0.3) is 6.08 Å². The van der Waals surface area contributed by atoms with Crippen molar-refractivity contribution in [2.24, 2.45) is 0 Å². The molecule has 3 heteroatoms. The fraction of sp³-hybridized carbons (Fsp3) is 0.167. The zero-order valence-electron chi connectivity index (χ0n) is 8.47. The molecule has 1 aliphatic carbocycles. The van der Waals surface area contributed by atoms with Gasteiger partial charge >= 0.3 is 0 Å². The molecule has 0 bridgehead atoms. The predicted octanol–water partition coefficient (Wildman–Crippen LogP) is 1.76. The SMILES string of the molecule is Cc1ccnc2c1C=CC=CC2NC=O. The third-order valence-corrected chi connectivity index (χ3v) is 2.46. The van der Waals surface area contributed by atoms with Crippen LogP contribution >= 0.6 is 0 Å². The Morgan fingerprint density at radius 3 is 3.13 bits per heavy atom. The molecule has 2 rings (SSSR count). The number of amides is 1. The summed E-state index contributed by atoms with van der Waals surface area (Å²) in [6.07, 6.45) is 10.3. The van der Waals surface area contributed by atoms with E-state index in [9.17, 15) is 4.79 Å². The third-order valence-electron chi connectivity index (χ3n) is 2.46. The van der Waals surface area contributed by atoms with Crippen LogP contribution in [0.1, 0.15) is 22.9 Å². The monoisotopic (exact) mass is 200 g/mol. The number of hydrogen-bond donors (Lipinski definition) is 1. The molecular formula is C12H12N2O. The first-order valence-electron chi connectivity index (χ1n) is 4.83. The molecule has 76 valence electrons. The van der Waals surface area contributed by atoms with Crippen molar-refractivity contribution >= 4 is 12.5 Å². The Hall–Kier alpha value is -1.90. The molecule has 15 heavy (non-hydrogen) atoms. The summed E-state index contributed by atoms with van der Waals surface area (Å²) in [5.41, 5.74) is 3.14. The van der Waals surface area contributed by atoms with Crippen molar-refractivity contribution in [3.05, 3.63) is 47.3 Å². The van der Waals surface area contributed by atoms with Gasteiger partial charge in [-0.05, 0) is 18.6 Å². The number of hydrogen-bond acceptors (Lipinski definition) is 2. The van der Waals surface area contributed by atoms with Gasteiger partial charge in [-0.2, -0.15) is 0 Å². The maximum atomic E-state index is 10.5. The molecule has 1 aliphatic rings. The molecule has 1 unspecified atom stereocenters. The second-order valence-electron chi connectivity index (χ2n) is 3.43. The van der Waals surface area contributed by atoms with Gasteiger partial charge in [-0.3, -0.25) is 9.78 Å². The number of aromatic nitrogens is 1. The van der Waals surface area contributed by atoms with Gasteiger partial charge in [0.2, 0.25) is 6.41 Å². The molecule has 3 nitrogen and oxygen atoms in total. The summed E-state index contributed by atoms with van der Waals surface area (Å²) in [4.78, 5) is 14.8. The minimum atomic E-state index is -0.132. The Bertz CT molecular complexity index is 435. The third kappa shape index (κ3) is 1.81. The van der Waals surface area contributed by atoms with Crippen molar-refractivity contribution in [1.82, 2.24) is 10.3 Å². The zero-order chi connectivity index (χ0) is 10.7. The number of carbonyl (C=O) groups excluding carboxylic acids is 1. The van der Waals surface area contributed by atoms with Crippen molar-refractivity contribution in [2.75, 3.05) is 0 Å². The summed E-state index contributed by atoms with van der Waals surface area (Å²) in [5.74, 6) is 0. The molecule has 1 N–H and O–H groups in total. The predicted molar refractivity (Wildman–Crippen MR) is 59.1 cm³/mol. The molecule has 1 atom stereocenters. The van der Waals surface area contributed by atoms with Crippen molar-refractivity contribution < 1.29 is 4.79 Å². The fourth-order valence-electron chi connectivity index (χ4n) is 1.68. The molecule has 1 aromatic rings. The quantitative estimate of drug-likeness (QED) is 0.739. The highest BCUT2D eigenvalue weighted by Gasteiger charge is 2.14. The van der Waals surface area contributed by atoms with Crippen LogP contribution in [0.15, 0.2) is 30.5 Å². The molecule has 0 spiro atoms. The van der Waals surface area contributed by atoms with Gasteiger partial charge in [0.25, 0.3) is 0 Å². The highest BCUT2D eigenvalue weighted by molar-refractivity contribution is 5.61. The minimum absolute atomic E-state index is 0.132. The number of nitrogens with one attached hydrogen (secondary N) is 1. The summed E-state index contributed by atoms with van der Waals surface area (Å²) < 4.78 is 0. The van der Waals surface area contributed by atoms with E-state index in [1.807, 2.05) is 37.3 Å². The van der Waals surface area contributed by atoms with Crippen molar-refractivity contribution in [1.29, 1.82) is 0 Å². The van der Waals surface area contributed by atoms with Crippen LogP contribution in [-0.2, 0) is 4.79 Å². The van der Waals surface area contributed by atoms with E-state index in [0.29, 0.717) is 6.41 Å². The second kappa shape index (κ2) is 4.09. The highest BCUT2D eigenvalue weighted by atomic mass is 16.1. The van der Waals surface area contributed by atoms with Crippen molar-refractivity contribution in [3.63, 3.8) is 0 Å². The normalized spacial score (nSPS) is 18.1. The number of pyridine rings is 1. The fourth-order valence-corrected chi connectivity index (χ4v) is 1.68. The molecule has 1 amide bonds. The first kappa shape index (κ1) is 9.65. The van der Waals surface area contributed by atoms with Crippen LogP contribution in [0.3, 0.4) is 0 Å². The largest absolute Gasteiger partial charge is 0.347 e. The lowest BCUT2D eigenvalue weighted by Crippen LogP contribution is -2.19. The average molecular weight is 200 g/mol. The number of fused-ring (bicyclic) bond motifs is 1. The lowest BCUT2D eigenvalue weighted by Gasteiger charge is -2.13. The standard InChI is InChI=1S/C12H12N2O/c1-9-6-7-13-12-10(9)4-2-3-5-11(12)14-8-15/h2-8,11H,1H3,(H,14,15). The van der Waals surface area contributed by atoms with Crippen molar-refractivity contribution in [2.45, 2.75) is 13.0 Å².